The molecule has 0 N–H and O–H groups in total. The van der Waals surface area contributed by atoms with Gasteiger partial charge in [0.2, 0.25) is 0 Å². The lowest BCUT2D eigenvalue weighted by Gasteiger charge is -2.21. The van der Waals surface area contributed by atoms with Gasteiger partial charge in [0, 0.05) is 0 Å². The molecule has 2 aliphatic rings. The number of nitrogens with zero attached hydrogens (tertiary/aromatic N) is 5. The average Bonchev–Trinajstić information content (AvgIpc) is 2.16. The summed E-state index contributed by atoms with van der Waals surface area (Å²) in [6.07, 6.45) is 3.48. The predicted molar refractivity (Wildman–Crippen MR) is 58.0 cm³/mol. The van der Waals surface area contributed by atoms with Crippen LogP contribution in [0.15, 0.2) is 20.2 Å². The first kappa shape index (κ1) is 9.05. The Hall–Kier alpha value is -1.52. The molecule has 0 aromatic carbocycles. The van der Waals surface area contributed by atoms with Gasteiger partial charge in [0.25, 0.3) is 5.96 Å². The molecule has 5 heteroatoms. The Kier molecular flexibility index (Phi) is 2.15. The molecule has 0 amide bonds. The van der Waals surface area contributed by atoms with Gasteiger partial charge in [-0.2, -0.15) is 10.2 Å². The van der Waals surface area contributed by atoms with E-state index in [0.29, 0.717) is 11.9 Å². The molecule has 0 aliphatic carbocycles. The lowest BCUT2D eigenvalue weighted by molar-refractivity contribution is 0.458. The number of guanidine groups is 1. The van der Waals surface area contributed by atoms with Crippen LogP contribution in [0.3, 0.4) is 0 Å². The van der Waals surface area contributed by atoms with E-state index < -0.39 is 0 Å². The fraction of sp³-hybridized carbons (Fsp3) is 0.556. The Morgan fingerprint density at radius 3 is 2.86 bits per heavy atom. The van der Waals surface area contributed by atoms with Crippen LogP contribution >= 0.6 is 0 Å². The molecule has 2 rings (SSSR count). The molecule has 1 unspecified atom stereocenters. The standard InChI is InChI=1S/C9H13N5/c1-6(2)8-5-11-14-9(13-8)12-7(3)4-10-14/h4-7H,1-3H3. The fourth-order valence-corrected chi connectivity index (χ4v) is 1.17. The maximum Gasteiger partial charge on any atom is 0.265 e. The van der Waals surface area contributed by atoms with E-state index in [4.69, 9.17) is 0 Å². The van der Waals surface area contributed by atoms with Gasteiger partial charge in [0.05, 0.1) is 24.2 Å². The largest absolute Gasteiger partial charge is 0.265 e. The number of aliphatic imine (C=N–C) groups is 2. The van der Waals surface area contributed by atoms with E-state index in [1.54, 1.807) is 12.4 Å². The molecule has 2 heterocycles. The minimum absolute atomic E-state index is 0.0895. The van der Waals surface area contributed by atoms with Crippen molar-refractivity contribution in [3.8, 4) is 0 Å². The van der Waals surface area contributed by atoms with Gasteiger partial charge in [-0.1, -0.05) is 13.8 Å². The zero-order valence-corrected chi connectivity index (χ0v) is 8.55. The van der Waals surface area contributed by atoms with E-state index in [0.717, 1.165) is 5.71 Å². The molecule has 74 valence electrons. The second kappa shape index (κ2) is 3.32. The first-order valence-electron chi connectivity index (χ1n) is 4.71. The maximum atomic E-state index is 4.38. The molecule has 0 saturated heterocycles. The second-order valence-corrected chi connectivity index (χ2v) is 3.66. The highest BCUT2D eigenvalue weighted by Crippen LogP contribution is 2.10. The molecule has 0 aromatic heterocycles. The molecule has 0 saturated carbocycles. The van der Waals surface area contributed by atoms with Gasteiger partial charge < -0.3 is 0 Å². The molecule has 0 fully saturated rings. The van der Waals surface area contributed by atoms with Crippen LogP contribution < -0.4 is 0 Å². The van der Waals surface area contributed by atoms with Crippen LogP contribution in [-0.2, 0) is 0 Å². The van der Waals surface area contributed by atoms with Crippen molar-refractivity contribution in [1.82, 2.24) is 5.12 Å². The fourth-order valence-electron chi connectivity index (χ4n) is 1.17. The number of hydrazone groups is 2. The van der Waals surface area contributed by atoms with Crippen molar-refractivity contribution >= 4 is 24.1 Å². The highest BCUT2D eigenvalue weighted by atomic mass is 15.7. The van der Waals surface area contributed by atoms with Crippen LogP contribution in [0, 0.1) is 5.92 Å². The molecular weight excluding hydrogens is 178 g/mol. The zero-order valence-electron chi connectivity index (χ0n) is 8.55. The van der Waals surface area contributed by atoms with Crippen LogP contribution in [0.1, 0.15) is 20.8 Å². The van der Waals surface area contributed by atoms with Gasteiger partial charge in [-0.05, 0) is 12.8 Å². The summed E-state index contributed by atoms with van der Waals surface area (Å²) in [4.78, 5) is 8.71. The molecule has 0 bridgehead atoms. The Morgan fingerprint density at radius 2 is 2.14 bits per heavy atom. The second-order valence-electron chi connectivity index (χ2n) is 3.66. The van der Waals surface area contributed by atoms with E-state index in [1.807, 2.05) is 6.92 Å². The van der Waals surface area contributed by atoms with Crippen molar-refractivity contribution in [3.63, 3.8) is 0 Å². The molecule has 1 atom stereocenters. The lowest BCUT2D eigenvalue weighted by atomic mass is 10.1. The first-order valence-corrected chi connectivity index (χ1v) is 4.71. The van der Waals surface area contributed by atoms with Crippen molar-refractivity contribution in [2.24, 2.45) is 26.1 Å². The van der Waals surface area contributed by atoms with E-state index in [9.17, 15) is 0 Å². The van der Waals surface area contributed by atoms with Crippen LogP contribution in [0.5, 0.6) is 0 Å². The molecule has 2 aliphatic heterocycles. The number of hydrogen-bond donors (Lipinski definition) is 0. The number of fused-ring (bicyclic) bond motifs is 1. The van der Waals surface area contributed by atoms with Crippen molar-refractivity contribution in [1.29, 1.82) is 0 Å². The molecule has 5 nitrogen and oxygen atoms in total. The van der Waals surface area contributed by atoms with Gasteiger partial charge in [-0.3, -0.25) is 0 Å². The monoisotopic (exact) mass is 191 g/mol. The summed E-state index contributed by atoms with van der Waals surface area (Å²) >= 11 is 0. The SMILES string of the molecule is CC1C=NN2N=CC(C(C)C)=NC2=N1. The molecular formula is C9H13N5. The topological polar surface area (TPSA) is 52.7 Å². The Labute approximate surface area is 82.9 Å². The van der Waals surface area contributed by atoms with E-state index in [1.165, 1.54) is 5.12 Å². The summed E-state index contributed by atoms with van der Waals surface area (Å²) in [5, 5.41) is 9.69. The van der Waals surface area contributed by atoms with Gasteiger partial charge >= 0.3 is 0 Å². The lowest BCUT2D eigenvalue weighted by Crippen LogP contribution is -2.32. The summed E-state index contributed by atoms with van der Waals surface area (Å²) in [5.41, 5.74) is 0.948. The molecule has 0 radical (unpaired) electrons. The van der Waals surface area contributed by atoms with E-state index in [-0.39, 0.29) is 6.04 Å². The van der Waals surface area contributed by atoms with E-state index in [2.05, 4.69) is 34.0 Å². The van der Waals surface area contributed by atoms with Crippen LogP contribution in [0.25, 0.3) is 0 Å². The van der Waals surface area contributed by atoms with E-state index >= 15 is 0 Å². The summed E-state index contributed by atoms with van der Waals surface area (Å²) in [5.74, 6) is 0.955. The van der Waals surface area contributed by atoms with Crippen molar-refractivity contribution in [3.05, 3.63) is 0 Å². The van der Waals surface area contributed by atoms with Gasteiger partial charge in [0.1, 0.15) is 0 Å². The summed E-state index contributed by atoms with van der Waals surface area (Å²) in [7, 11) is 0. The Balaban J connectivity index is 2.28. The molecule has 0 aromatic rings. The molecule has 14 heavy (non-hydrogen) atoms. The van der Waals surface area contributed by atoms with Crippen LogP contribution in [0.4, 0.5) is 0 Å². The zero-order chi connectivity index (χ0) is 10.1. The van der Waals surface area contributed by atoms with Crippen molar-refractivity contribution < 1.29 is 0 Å². The molecule has 0 spiro atoms. The maximum absolute atomic E-state index is 4.38. The van der Waals surface area contributed by atoms with Gasteiger partial charge in [0.15, 0.2) is 0 Å². The minimum Gasteiger partial charge on any atom is -0.239 e. The van der Waals surface area contributed by atoms with Crippen LogP contribution in [-0.4, -0.2) is 35.3 Å². The highest BCUT2D eigenvalue weighted by Gasteiger charge is 2.19. The normalized spacial score (nSPS) is 24.9. The summed E-state index contributed by atoms with van der Waals surface area (Å²) < 4.78 is 0. The highest BCUT2D eigenvalue weighted by molar-refractivity contribution is 6.34. The van der Waals surface area contributed by atoms with Crippen molar-refractivity contribution in [2.45, 2.75) is 26.8 Å². The smallest absolute Gasteiger partial charge is 0.239 e. The predicted octanol–water partition coefficient (Wildman–Crippen LogP) is 1.13. The van der Waals surface area contributed by atoms with Gasteiger partial charge in [-0.25, -0.2) is 9.98 Å². The number of rotatable bonds is 1. The minimum atomic E-state index is 0.0895. The summed E-state index contributed by atoms with van der Waals surface area (Å²) in [6.45, 7) is 6.13. The quantitative estimate of drug-likeness (QED) is 0.613. The van der Waals surface area contributed by atoms with Crippen LogP contribution in [0.2, 0.25) is 0 Å². The number of hydrogen-bond acceptors (Lipinski definition) is 5. The third-order valence-electron chi connectivity index (χ3n) is 2.01. The Morgan fingerprint density at radius 1 is 1.36 bits per heavy atom. The Bertz CT molecular complexity index is 350. The average molecular weight is 191 g/mol. The first-order chi connectivity index (χ1) is 6.66. The summed E-state index contributed by atoms with van der Waals surface area (Å²) in [6, 6.07) is 0.0895. The third kappa shape index (κ3) is 1.57. The third-order valence-corrected chi connectivity index (χ3v) is 2.01. The van der Waals surface area contributed by atoms with Gasteiger partial charge in [-0.15, -0.1) is 5.12 Å². The van der Waals surface area contributed by atoms with Crippen molar-refractivity contribution in [2.75, 3.05) is 0 Å².